The topological polar surface area (TPSA) is 46.5 Å². The monoisotopic (exact) mass is 226 g/mol. The van der Waals surface area contributed by atoms with E-state index in [1.54, 1.807) is 38.1 Å². The highest BCUT2D eigenvalue weighted by molar-refractivity contribution is 8.00. The molecule has 1 N–H and O–H groups in total. The van der Waals surface area contributed by atoms with Crippen molar-refractivity contribution in [1.82, 2.24) is 0 Å². The van der Waals surface area contributed by atoms with Crippen LogP contribution in [0.4, 0.5) is 0 Å². The third-order valence-corrected chi connectivity index (χ3v) is 2.86. The van der Waals surface area contributed by atoms with E-state index >= 15 is 0 Å². The van der Waals surface area contributed by atoms with Gasteiger partial charge in [0.1, 0.15) is 11.0 Å². The van der Waals surface area contributed by atoms with E-state index < -0.39 is 0 Å². The van der Waals surface area contributed by atoms with Crippen LogP contribution in [0, 0.1) is 0 Å². The molecule has 0 unspecified atom stereocenters. The Labute approximate surface area is 93.4 Å². The SMILES string of the molecule is CCOC(=O)[C@@H](C)Sc1ccc(O)cc1. The highest BCUT2D eigenvalue weighted by Gasteiger charge is 2.14. The number of benzene rings is 1. The van der Waals surface area contributed by atoms with Gasteiger partial charge < -0.3 is 9.84 Å². The fourth-order valence-electron chi connectivity index (χ4n) is 1.04. The second kappa shape index (κ2) is 5.66. The van der Waals surface area contributed by atoms with Crippen molar-refractivity contribution in [2.45, 2.75) is 24.0 Å². The molecule has 0 fully saturated rings. The minimum absolute atomic E-state index is 0.212. The highest BCUT2D eigenvalue weighted by atomic mass is 32.2. The lowest BCUT2D eigenvalue weighted by atomic mass is 10.3. The number of thioether (sulfide) groups is 1. The van der Waals surface area contributed by atoms with Crippen molar-refractivity contribution in [1.29, 1.82) is 0 Å². The zero-order valence-electron chi connectivity index (χ0n) is 8.77. The van der Waals surface area contributed by atoms with Crippen LogP contribution >= 0.6 is 11.8 Å². The third-order valence-electron chi connectivity index (χ3n) is 1.77. The molecule has 0 saturated heterocycles. The maximum atomic E-state index is 11.3. The van der Waals surface area contributed by atoms with E-state index in [1.165, 1.54) is 11.8 Å². The van der Waals surface area contributed by atoms with E-state index in [0.717, 1.165) is 4.90 Å². The number of rotatable bonds is 4. The van der Waals surface area contributed by atoms with E-state index in [-0.39, 0.29) is 17.0 Å². The standard InChI is InChI=1S/C11H14O3S/c1-3-14-11(13)8(2)15-10-6-4-9(12)5-7-10/h4-8,12H,3H2,1-2H3/t8-/m1/s1. The minimum atomic E-state index is -0.227. The largest absolute Gasteiger partial charge is 0.508 e. The summed E-state index contributed by atoms with van der Waals surface area (Å²) in [6.07, 6.45) is 0. The summed E-state index contributed by atoms with van der Waals surface area (Å²) in [5.74, 6) is 0.0127. The molecule has 82 valence electrons. The molecule has 4 heteroatoms. The molecule has 0 bridgehead atoms. The van der Waals surface area contributed by atoms with Crippen molar-refractivity contribution in [2.75, 3.05) is 6.61 Å². The van der Waals surface area contributed by atoms with Gasteiger partial charge in [-0.15, -0.1) is 11.8 Å². The van der Waals surface area contributed by atoms with Gasteiger partial charge >= 0.3 is 5.97 Å². The number of aromatic hydroxyl groups is 1. The molecule has 1 atom stereocenters. The van der Waals surface area contributed by atoms with E-state index in [1.807, 2.05) is 0 Å². The zero-order valence-corrected chi connectivity index (χ0v) is 9.58. The summed E-state index contributed by atoms with van der Waals surface area (Å²) in [5.41, 5.74) is 0. The number of phenols is 1. The number of carbonyl (C=O) groups is 1. The maximum absolute atomic E-state index is 11.3. The Balaban J connectivity index is 2.54. The van der Waals surface area contributed by atoms with Crippen LogP contribution in [0.2, 0.25) is 0 Å². The summed E-state index contributed by atoms with van der Waals surface area (Å²) in [4.78, 5) is 12.3. The maximum Gasteiger partial charge on any atom is 0.319 e. The van der Waals surface area contributed by atoms with Gasteiger partial charge in [0.05, 0.1) is 6.61 Å². The molecule has 0 radical (unpaired) electrons. The quantitative estimate of drug-likeness (QED) is 0.632. The van der Waals surface area contributed by atoms with Crippen LogP contribution in [0.25, 0.3) is 0 Å². The second-order valence-corrected chi connectivity index (χ2v) is 4.42. The third kappa shape index (κ3) is 3.83. The first-order valence-corrected chi connectivity index (χ1v) is 5.63. The van der Waals surface area contributed by atoms with Crippen LogP contribution in [0.15, 0.2) is 29.2 Å². The molecule has 1 rings (SSSR count). The molecule has 0 aliphatic carbocycles. The highest BCUT2D eigenvalue weighted by Crippen LogP contribution is 2.25. The van der Waals surface area contributed by atoms with E-state index in [4.69, 9.17) is 9.84 Å². The molecular weight excluding hydrogens is 212 g/mol. The lowest BCUT2D eigenvalue weighted by molar-refractivity contribution is -0.142. The van der Waals surface area contributed by atoms with Crippen molar-refractivity contribution in [3.8, 4) is 5.75 Å². The van der Waals surface area contributed by atoms with Crippen molar-refractivity contribution < 1.29 is 14.6 Å². The first-order chi connectivity index (χ1) is 7.13. The first-order valence-electron chi connectivity index (χ1n) is 4.75. The summed E-state index contributed by atoms with van der Waals surface area (Å²) < 4.78 is 4.89. The van der Waals surface area contributed by atoms with Crippen LogP contribution in [-0.4, -0.2) is 22.9 Å². The molecule has 3 nitrogen and oxygen atoms in total. The van der Waals surface area contributed by atoms with Gasteiger partial charge in [0.2, 0.25) is 0 Å². The van der Waals surface area contributed by atoms with Gasteiger partial charge in [-0.1, -0.05) is 0 Å². The number of hydrogen-bond acceptors (Lipinski definition) is 4. The van der Waals surface area contributed by atoms with Crippen molar-refractivity contribution >= 4 is 17.7 Å². The summed E-state index contributed by atoms with van der Waals surface area (Å²) in [7, 11) is 0. The van der Waals surface area contributed by atoms with E-state index in [0.29, 0.717) is 6.61 Å². The van der Waals surface area contributed by atoms with Crippen LogP contribution in [-0.2, 0) is 9.53 Å². The summed E-state index contributed by atoms with van der Waals surface area (Å²) in [6.45, 7) is 3.99. The molecule has 0 saturated carbocycles. The van der Waals surface area contributed by atoms with Gasteiger partial charge in [0.15, 0.2) is 0 Å². The smallest absolute Gasteiger partial charge is 0.319 e. The van der Waals surface area contributed by atoms with Gasteiger partial charge in [0.25, 0.3) is 0 Å². The van der Waals surface area contributed by atoms with Crippen molar-refractivity contribution in [2.24, 2.45) is 0 Å². The predicted octanol–water partition coefficient (Wildman–Crippen LogP) is 2.44. The Hall–Kier alpha value is -1.16. The zero-order chi connectivity index (χ0) is 11.3. The van der Waals surface area contributed by atoms with Gasteiger partial charge in [-0.25, -0.2) is 0 Å². The van der Waals surface area contributed by atoms with Gasteiger partial charge in [-0.05, 0) is 38.1 Å². The van der Waals surface area contributed by atoms with E-state index in [2.05, 4.69) is 0 Å². The summed E-state index contributed by atoms with van der Waals surface area (Å²) in [6, 6.07) is 6.74. The van der Waals surface area contributed by atoms with Gasteiger partial charge in [-0.3, -0.25) is 4.79 Å². The average Bonchev–Trinajstić information content (AvgIpc) is 2.22. The Morgan fingerprint density at radius 2 is 2.07 bits per heavy atom. The minimum Gasteiger partial charge on any atom is -0.508 e. The lowest BCUT2D eigenvalue weighted by Gasteiger charge is -2.09. The molecule has 0 aromatic heterocycles. The molecule has 0 aliphatic heterocycles. The van der Waals surface area contributed by atoms with Crippen LogP contribution < -0.4 is 0 Å². The van der Waals surface area contributed by atoms with Crippen LogP contribution in [0.1, 0.15) is 13.8 Å². The molecule has 1 aromatic rings. The Morgan fingerprint density at radius 3 is 2.60 bits per heavy atom. The number of esters is 1. The lowest BCUT2D eigenvalue weighted by Crippen LogP contribution is -2.16. The normalized spacial score (nSPS) is 12.1. The molecule has 0 amide bonds. The van der Waals surface area contributed by atoms with Crippen LogP contribution in [0.5, 0.6) is 5.75 Å². The number of hydrogen-bond donors (Lipinski definition) is 1. The van der Waals surface area contributed by atoms with E-state index in [9.17, 15) is 4.79 Å². The molecular formula is C11H14O3S. The van der Waals surface area contributed by atoms with Crippen molar-refractivity contribution in [3.05, 3.63) is 24.3 Å². The average molecular weight is 226 g/mol. The van der Waals surface area contributed by atoms with Crippen molar-refractivity contribution in [3.63, 3.8) is 0 Å². The number of carbonyl (C=O) groups excluding carboxylic acids is 1. The Bertz CT molecular complexity index is 321. The summed E-state index contributed by atoms with van der Waals surface area (Å²) >= 11 is 1.41. The molecule has 1 aromatic carbocycles. The fraction of sp³-hybridized carbons (Fsp3) is 0.364. The number of ether oxygens (including phenoxy) is 1. The molecule has 0 spiro atoms. The second-order valence-electron chi connectivity index (χ2n) is 3.01. The Kier molecular flexibility index (Phi) is 4.49. The fourth-order valence-corrected chi connectivity index (χ4v) is 1.90. The number of phenolic OH excluding ortho intramolecular Hbond substituents is 1. The summed E-state index contributed by atoms with van der Waals surface area (Å²) in [5, 5.41) is 8.86. The van der Waals surface area contributed by atoms with Gasteiger partial charge in [0, 0.05) is 4.90 Å². The Morgan fingerprint density at radius 1 is 1.47 bits per heavy atom. The van der Waals surface area contributed by atoms with Gasteiger partial charge in [-0.2, -0.15) is 0 Å². The first kappa shape index (κ1) is 11.9. The molecule has 15 heavy (non-hydrogen) atoms. The van der Waals surface area contributed by atoms with Crippen LogP contribution in [0.3, 0.4) is 0 Å². The predicted molar refractivity (Wildman–Crippen MR) is 60.1 cm³/mol. The molecule has 0 heterocycles. The molecule has 0 aliphatic rings.